The Morgan fingerprint density at radius 3 is 2.70 bits per heavy atom. The summed E-state index contributed by atoms with van der Waals surface area (Å²) in [6.07, 6.45) is 0. The van der Waals surface area contributed by atoms with Crippen LogP contribution in [0.25, 0.3) is 0 Å². The van der Waals surface area contributed by atoms with Crippen LogP contribution < -0.4 is 0 Å². The summed E-state index contributed by atoms with van der Waals surface area (Å²) in [5, 5.41) is 0.494. The Morgan fingerprint density at radius 1 is 1.40 bits per heavy atom. The fourth-order valence-electron chi connectivity index (χ4n) is 2.14. The number of alkyl halides is 1. The SMILES string of the molecule is CC1(C)CN(S(=O)(=O)c2ccc(Cl)c(CCl)c2)CCS1. The van der Waals surface area contributed by atoms with Gasteiger partial charge in [0.2, 0.25) is 10.0 Å². The molecule has 0 atom stereocenters. The van der Waals surface area contributed by atoms with Gasteiger partial charge >= 0.3 is 0 Å². The molecule has 1 aliphatic heterocycles. The lowest BCUT2D eigenvalue weighted by atomic mass is 10.2. The number of benzene rings is 1. The topological polar surface area (TPSA) is 37.4 Å². The number of hydrogen-bond donors (Lipinski definition) is 0. The maximum Gasteiger partial charge on any atom is 0.243 e. The molecule has 1 aromatic rings. The first-order chi connectivity index (χ1) is 9.26. The monoisotopic (exact) mass is 353 g/mol. The van der Waals surface area contributed by atoms with Crippen LogP contribution in [0.3, 0.4) is 0 Å². The molecule has 0 aromatic heterocycles. The van der Waals surface area contributed by atoms with Gasteiger partial charge in [0, 0.05) is 34.5 Å². The van der Waals surface area contributed by atoms with Crippen molar-refractivity contribution < 1.29 is 8.42 Å². The van der Waals surface area contributed by atoms with E-state index < -0.39 is 10.0 Å². The Bertz CT molecular complexity index is 602. The second-order valence-electron chi connectivity index (χ2n) is 5.33. The zero-order chi connectivity index (χ0) is 15.0. The fraction of sp³-hybridized carbons (Fsp3) is 0.538. The summed E-state index contributed by atoms with van der Waals surface area (Å²) in [6, 6.07) is 4.71. The van der Waals surface area contributed by atoms with Gasteiger partial charge in [0.1, 0.15) is 0 Å². The predicted molar refractivity (Wildman–Crippen MR) is 86.3 cm³/mol. The lowest BCUT2D eigenvalue weighted by Gasteiger charge is -2.36. The second kappa shape index (κ2) is 6.05. The van der Waals surface area contributed by atoms with Gasteiger partial charge in [0.25, 0.3) is 0 Å². The molecule has 1 aromatic carbocycles. The zero-order valence-electron chi connectivity index (χ0n) is 11.4. The highest BCUT2D eigenvalue weighted by Crippen LogP contribution is 2.33. The maximum atomic E-state index is 12.7. The number of nitrogens with zero attached hydrogens (tertiary/aromatic N) is 1. The fourth-order valence-corrected chi connectivity index (χ4v) is 5.58. The van der Waals surface area contributed by atoms with Crippen molar-refractivity contribution in [1.82, 2.24) is 4.31 Å². The van der Waals surface area contributed by atoms with E-state index in [-0.39, 0.29) is 15.5 Å². The number of halogens is 2. The Kier molecular flexibility index (Phi) is 4.97. The van der Waals surface area contributed by atoms with Gasteiger partial charge in [-0.3, -0.25) is 0 Å². The molecule has 0 saturated carbocycles. The molecule has 0 spiro atoms. The third-order valence-corrected chi connectivity index (χ3v) is 6.98. The Morgan fingerprint density at radius 2 is 2.10 bits per heavy atom. The van der Waals surface area contributed by atoms with Crippen molar-refractivity contribution in [3.8, 4) is 0 Å². The van der Waals surface area contributed by atoms with Gasteiger partial charge in [0.15, 0.2) is 0 Å². The summed E-state index contributed by atoms with van der Waals surface area (Å²) in [6.45, 7) is 5.17. The first-order valence-electron chi connectivity index (χ1n) is 6.25. The van der Waals surface area contributed by atoms with Crippen LogP contribution in [0, 0.1) is 0 Å². The number of rotatable bonds is 3. The van der Waals surface area contributed by atoms with Gasteiger partial charge in [0.05, 0.1) is 4.90 Å². The molecule has 1 saturated heterocycles. The van der Waals surface area contributed by atoms with E-state index in [1.54, 1.807) is 34.3 Å². The van der Waals surface area contributed by atoms with Gasteiger partial charge in [-0.2, -0.15) is 16.1 Å². The van der Waals surface area contributed by atoms with Crippen LogP contribution in [0.2, 0.25) is 5.02 Å². The Hall–Kier alpha value is 0.0600. The molecule has 1 aliphatic rings. The van der Waals surface area contributed by atoms with E-state index in [1.165, 1.54) is 0 Å². The number of thioether (sulfide) groups is 1. The molecule has 1 heterocycles. The van der Waals surface area contributed by atoms with Crippen LogP contribution in [-0.2, 0) is 15.9 Å². The van der Waals surface area contributed by atoms with Crippen LogP contribution in [0.4, 0.5) is 0 Å². The maximum absolute atomic E-state index is 12.7. The van der Waals surface area contributed by atoms with Crippen molar-refractivity contribution in [1.29, 1.82) is 0 Å². The van der Waals surface area contributed by atoms with E-state index in [1.807, 2.05) is 0 Å². The van der Waals surface area contributed by atoms with Crippen molar-refractivity contribution in [3.63, 3.8) is 0 Å². The van der Waals surface area contributed by atoms with Crippen molar-refractivity contribution in [2.45, 2.75) is 29.4 Å². The summed E-state index contributed by atoms with van der Waals surface area (Å²) in [5.74, 6) is 1.01. The van der Waals surface area contributed by atoms with Crippen LogP contribution in [0.1, 0.15) is 19.4 Å². The summed E-state index contributed by atoms with van der Waals surface area (Å²) in [7, 11) is -3.48. The highest BCUT2D eigenvalue weighted by Gasteiger charge is 2.34. The Labute approximate surface area is 134 Å². The van der Waals surface area contributed by atoms with E-state index in [9.17, 15) is 8.42 Å². The molecule has 0 bridgehead atoms. The minimum atomic E-state index is -3.48. The molecule has 0 radical (unpaired) electrons. The average molecular weight is 354 g/mol. The molecule has 0 N–H and O–H groups in total. The summed E-state index contributed by atoms with van der Waals surface area (Å²) in [4.78, 5) is 0.264. The first-order valence-corrected chi connectivity index (χ1v) is 9.58. The molecule has 20 heavy (non-hydrogen) atoms. The van der Waals surface area contributed by atoms with Crippen LogP contribution in [-0.4, -0.2) is 36.3 Å². The zero-order valence-corrected chi connectivity index (χ0v) is 14.5. The molecule has 0 unspecified atom stereocenters. The highest BCUT2D eigenvalue weighted by molar-refractivity contribution is 8.00. The van der Waals surface area contributed by atoms with Gasteiger partial charge in [-0.05, 0) is 37.6 Å². The lowest BCUT2D eigenvalue weighted by Crippen LogP contribution is -2.46. The minimum Gasteiger partial charge on any atom is -0.207 e. The molecule has 1 fully saturated rings. The molecule has 7 heteroatoms. The summed E-state index contributed by atoms with van der Waals surface area (Å²) < 4.78 is 26.9. The lowest BCUT2D eigenvalue weighted by molar-refractivity contribution is 0.387. The van der Waals surface area contributed by atoms with Gasteiger partial charge in [-0.25, -0.2) is 8.42 Å². The van der Waals surface area contributed by atoms with E-state index in [0.717, 1.165) is 5.75 Å². The van der Waals surface area contributed by atoms with Gasteiger partial charge in [-0.1, -0.05) is 11.6 Å². The molecular weight excluding hydrogens is 337 g/mol. The third kappa shape index (κ3) is 3.45. The normalized spacial score (nSPS) is 20.0. The van der Waals surface area contributed by atoms with E-state index in [4.69, 9.17) is 23.2 Å². The molecule has 2 rings (SSSR count). The molecule has 0 amide bonds. The van der Waals surface area contributed by atoms with Crippen molar-refractivity contribution in [3.05, 3.63) is 28.8 Å². The van der Waals surface area contributed by atoms with Crippen molar-refractivity contribution in [2.24, 2.45) is 0 Å². The molecular formula is C13H17Cl2NO2S2. The summed E-state index contributed by atoms with van der Waals surface area (Å²) >= 11 is 13.6. The number of hydrogen-bond acceptors (Lipinski definition) is 3. The largest absolute Gasteiger partial charge is 0.243 e. The average Bonchev–Trinajstić information content (AvgIpc) is 2.37. The quantitative estimate of drug-likeness (QED) is 0.779. The van der Waals surface area contributed by atoms with Gasteiger partial charge in [-0.15, -0.1) is 11.6 Å². The van der Waals surface area contributed by atoms with E-state index in [0.29, 0.717) is 23.7 Å². The third-order valence-electron chi connectivity index (χ3n) is 3.19. The molecule has 3 nitrogen and oxygen atoms in total. The predicted octanol–water partition coefficient (Wildman–Crippen LogP) is 3.59. The van der Waals surface area contributed by atoms with Crippen molar-refractivity contribution >= 4 is 45.0 Å². The molecule has 112 valence electrons. The standard InChI is InChI=1S/C13H17Cl2NO2S2/c1-13(2)9-16(5-6-19-13)20(17,18)11-3-4-12(15)10(7-11)8-14/h3-4,7H,5-6,8-9H2,1-2H3. The van der Waals surface area contributed by atoms with E-state index >= 15 is 0 Å². The smallest absolute Gasteiger partial charge is 0.207 e. The van der Waals surface area contributed by atoms with E-state index in [2.05, 4.69) is 13.8 Å². The van der Waals surface area contributed by atoms with Gasteiger partial charge < -0.3 is 0 Å². The van der Waals surface area contributed by atoms with Crippen LogP contribution in [0.15, 0.2) is 23.1 Å². The first kappa shape index (κ1) is 16.4. The number of sulfonamides is 1. The van der Waals surface area contributed by atoms with Crippen LogP contribution in [0.5, 0.6) is 0 Å². The highest BCUT2D eigenvalue weighted by atomic mass is 35.5. The van der Waals surface area contributed by atoms with Crippen LogP contribution >= 0.6 is 35.0 Å². The Balaban J connectivity index is 2.35. The summed E-state index contributed by atoms with van der Waals surface area (Å²) in [5.41, 5.74) is 0.639. The minimum absolute atomic E-state index is 0.0624. The second-order valence-corrected chi connectivity index (χ2v) is 9.75. The van der Waals surface area contributed by atoms with Crippen molar-refractivity contribution in [2.75, 3.05) is 18.8 Å². The molecule has 0 aliphatic carbocycles.